The molecule has 0 radical (unpaired) electrons. The molecule has 15 heteroatoms. The van der Waals surface area contributed by atoms with E-state index in [0.29, 0.717) is 47.5 Å². The number of fused-ring (bicyclic) bond motifs is 7. The van der Waals surface area contributed by atoms with E-state index in [4.69, 9.17) is 52.1 Å². The van der Waals surface area contributed by atoms with E-state index in [2.05, 4.69) is 28.1 Å². The second-order valence-electron chi connectivity index (χ2n) is 18.8. The summed E-state index contributed by atoms with van der Waals surface area (Å²) < 4.78 is 22.8. The van der Waals surface area contributed by atoms with Gasteiger partial charge < -0.3 is 39.8 Å². The van der Waals surface area contributed by atoms with Gasteiger partial charge in [0.2, 0.25) is 5.91 Å². The first-order chi connectivity index (χ1) is 34.8. The molecule has 8 aromatic rings. The first-order valence-electron chi connectivity index (χ1n) is 24.0. The molecule has 3 N–H and O–H groups in total. The Morgan fingerprint density at radius 2 is 1.14 bits per heavy atom. The number of benzene rings is 6. The van der Waals surface area contributed by atoms with Gasteiger partial charge >= 0.3 is 12.1 Å². The number of anilines is 2. The predicted octanol–water partition coefficient (Wildman–Crippen LogP) is 12.2. The van der Waals surface area contributed by atoms with Crippen molar-refractivity contribution in [2.24, 2.45) is 0 Å². The van der Waals surface area contributed by atoms with E-state index in [1.165, 1.54) is 0 Å². The first kappa shape index (κ1) is 49.6. The summed E-state index contributed by atoms with van der Waals surface area (Å²) >= 11 is 12.8. The van der Waals surface area contributed by atoms with Crippen molar-refractivity contribution in [2.45, 2.75) is 57.6 Å². The molecule has 0 bridgehead atoms. The molecule has 9 rings (SSSR count). The van der Waals surface area contributed by atoms with Crippen LogP contribution < -0.4 is 25.4 Å². The molecule has 1 atom stereocenters. The number of alkyl carbamates (subject to hydrolysis) is 1. The summed E-state index contributed by atoms with van der Waals surface area (Å²) in [6, 6.07) is 37.5. The van der Waals surface area contributed by atoms with Gasteiger partial charge in [0.15, 0.2) is 0 Å². The van der Waals surface area contributed by atoms with Crippen LogP contribution in [0.2, 0.25) is 10.0 Å². The molecule has 0 saturated heterocycles. The Balaban J connectivity index is 0.974. The van der Waals surface area contributed by atoms with Crippen LogP contribution in [-0.2, 0) is 19.1 Å². The highest BCUT2D eigenvalue weighted by atomic mass is 35.5. The molecule has 2 heterocycles. The van der Waals surface area contributed by atoms with Crippen molar-refractivity contribution in [2.75, 3.05) is 57.6 Å². The minimum atomic E-state index is -1.30. The van der Waals surface area contributed by atoms with Crippen molar-refractivity contribution in [1.29, 1.82) is 0 Å². The maximum atomic E-state index is 15.0. The predicted molar refractivity (Wildman–Crippen MR) is 287 cm³/mol. The van der Waals surface area contributed by atoms with Gasteiger partial charge in [0.05, 0.1) is 54.1 Å². The highest BCUT2D eigenvalue weighted by Crippen LogP contribution is 2.45. The summed E-state index contributed by atoms with van der Waals surface area (Å²) in [6.45, 7) is 6.72. The lowest BCUT2D eigenvalue weighted by Gasteiger charge is -2.29. The molecule has 0 saturated carbocycles. The van der Waals surface area contributed by atoms with Crippen LogP contribution in [0.15, 0.2) is 121 Å². The zero-order valence-corrected chi connectivity index (χ0v) is 42.3. The number of aromatic nitrogens is 2. The highest BCUT2D eigenvalue weighted by molar-refractivity contribution is 6.32. The largest absolute Gasteiger partial charge is 0.497 e. The number of halogens is 2. The van der Waals surface area contributed by atoms with E-state index >= 15 is 4.79 Å². The Morgan fingerprint density at radius 3 is 1.62 bits per heavy atom. The lowest BCUT2D eigenvalue weighted by molar-refractivity contribution is -0.147. The minimum Gasteiger partial charge on any atom is -0.497 e. The van der Waals surface area contributed by atoms with E-state index in [1.807, 2.05) is 109 Å². The second-order valence-corrected chi connectivity index (χ2v) is 19.6. The summed E-state index contributed by atoms with van der Waals surface area (Å²) in [5, 5.41) is 14.6. The van der Waals surface area contributed by atoms with E-state index in [-0.39, 0.29) is 25.6 Å². The van der Waals surface area contributed by atoms with E-state index in [1.54, 1.807) is 39.9 Å². The lowest BCUT2D eigenvalue weighted by atomic mass is 9.98. The van der Waals surface area contributed by atoms with Gasteiger partial charge in [-0.25, -0.2) is 14.8 Å². The molecule has 2 aromatic heterocycles. The second kappa shape index (κ2) is 21.6. The zero-order valence-electron chi connectivity index (χ0n) is 40.8. The fourth-order valence-electron chi connectivity index (χ4n) is 9.44. The van der Waals surface area contributed by atoms with Crippen molar-refractivity contribution in [3.63, 3.8) is 0 Å². The van der Waals surface area contributed by atoms with Gasteiger partial charge in [-0.1, -0.05) is 71.7 Å². The van der Waals surface area contributed by atoms with Gasteiger partial charge in [-0.2, -0.15) is 0 Å². The normalized spacial score (nSPS) is 12.6. The van der Waals surface area contributed by atoms with Crippen molar-refractivity contribution in [1.82, 2.24) is 20.2 Å². The SMILES string of the molecule is COc1ccc2nc3cc(Cl)ccc3c(NCCCN(CCCNc3c4ccc(Cl)cc4nc4ccc(OC)cc34)C(=O)C(CC(=O)OCC3c4ccccc4-c4ccccc43)NC(=O)OC(C)(C)C)c2c1. The number of amides is 2. The Hall–Kier alpha value is -7.35. The van der Waals surface area contributed by atoms with Gasteiger partial charge in [0.25, 0.3) is 0 Å². The van der Waals surface area contributed by atoms with Crippen LogP contribution in [0.1, 0.15) is 57.1 Å². The van der Waals surface area contributed by atoms with Crippen molar-refractivity contribution < 1.29 is 33.3 Å². The number of nitrogens with one attached hydrogen (secondary N) is 3. The third-order valence-electron chi connectivity index (χ3n) is 12.7. The number of rotatable bonds is 18. The van der Waals surface area contributed by atoms with Crippen molar-refractivity contribution in [3.05, 3.63) is 142 Å². The molecule has 1 aliphatic carbocycles. The molecule has 6 aromatic carbocycles. The summed E-state index contributed by atoms with van der Waals surface area (Å²) in [5.41, 5.74) is 8.12. The van der Waals surface area contributed by atoms with Crippen LogP contribution in [0.3, 0.4) is 0 Å². The number of carbonyl (C=O) groups is 3. The number of methoxy groups -OCH3 is 2. The summed E-state index contributed by atoms with van der Waals surface area (Å²) in [6.07, 6.45) is -0.257. The smallest absolute Gasteiger partial charge is 0.408 e. The van der Waals surface area contributed by atoms with Gasteiger partial charge in [-0.3, -0.25) is 9.59 Å². The van der Waals surface area contributed by atoms with Crippen LogP contribution in [-0.4, -0.2) is 91.5 Å². The highest BCUT2D eigenvalue weighted by Gasteiger charge is 2.33. The zero-order chi connectivity index (χ0) is 50.5. The van der Waals surface area contributed by atoms with Gasteiger partial charge in [-0.15, -0.1) is 0 Å². The fraction of sp³-hybridized carbons (Fsp3) is 0.281. The molecule has 0 fully saturated rings. The quantitative estimate of drug-likeness (QED) is 0.0428. The summed E-state index contributed by atoms with van der Waals surface area (Å²) in [7, 11) is 3.24. The third-order valence-corrected chi connectivity index (χ3v) is 13.2. The number of carbonyl (C=O) groups excluding carboxylic acids is 3. The standard InChI is InChI=1S/C57H56Cl2N6O7/c1-57(2,3)72-56(68)64-51(32-52(66)71-33-46-40-14-8-6-12-38(40)39-13-7-9-15-41(39)46)55(67)65(26-10-24-60-53-42-20-16-34(58)28-49(42)62-47-22-18-36(69-4)30-44(47)53)27-11-25-61-54-43-21-17-35(59)29-50(43)63-48-23-19-37(70-5)31-45(48)54/h6-9,12-23,28-31,46,51H,10-11,24-27,32-33H2,1-5H3,(H,60,62)(H,61,63)(H,64,68). The third kappa shape index (κ3) is 11.1. The van der Waals surface area contributed by atoms with Gasteiger partial charge in [-0.05, 0) is 129 Å². The van der Waals surface area contributed by atoms with Crippen LogP contribution >= 0.6 is 23.2 Å². The lowest BCUT2D eigenvalue weighted by Crippen LogP contribution is -2.51. The Morgan fingerprint density at radius 1 is 0.639 bits per heavy atom. The molecule has 0 spiro atoms. The average molecular weight is 1010 g/mol. The van der Waals surface area contributed by atoms with E-state index in [9.17, 15) is 9.59 Å². The van der Waals surface area contributed by atoms with Crippen molar-refractivity contribution >= 4 is 96.2 Å². The molecule has 0 aliphatic heterocycles. The van der Waals surface area contributed by atoms with E-state index < -0.39 is 36.0 Å². The molecule has 370 valence electrons. The number of hydrogen-bond acceptors (Lipinski definition) is 11. The number of nitrogens with zero attached hydrogens (tertiary/aromatic N) is 3. The maximum Gasteiger partial charge on any atom is 0.408 e. The van der Waals surface area contributed by atoms with Crippen LogP contribution in [0, 0.1) is 0 Å². The van der Waals surface area contributed by atoms with Crippen LogP contribution in [0.25, 0.3) is 54.7 Å². The Labute approximate surface area is 428 Å². The van der Waals surface area contributed by atoms with Crippen LogP contribution in [0.4, 0.5) is 16.2 Å². The molecule has 13 nitrogen and oxygen atoms in total. The van der Waals surface area contributed by atoms with Gasteiger partial charge in [0, 0.05) is 63.7 Å². The topological polar surface area (TPSA) is 153 Å². The average Bonchev–Trinajstić information content (AvgIpc) is 3.68. The number of ether oxygens (including phenoxy) is 4. The Bertz CT molecular complexity index is 3160. The number of hydrogen-bond donors (Lipinski definition) is 3. The first-order valence-corrected chi connectivity index (χ1v) is 24.8. The maximum absolute atomic E-state index is 15.0. The Kier molecular flexibility index (Phi) is 14.9. The van der Waals surface area contributed by atoms with Gasteiger partial charge in [0.1, 0.15) is 29.7 Å². The monoisotopic (exact) mass is 1010 g/mol. The van der Waals surface area contributed by atoms with E-state index in [0.717, 1.165) is 77.2 Å². The number of esters is 1. The minimum absolute atomic E-state index is 0.0637. The molecular weight excluding hydrogens is 952 g/mol. The summed E-state index contributed by atoms with van der Waals surface area (Å²) in [5.74, 6) is 0.0934. The molecular formula is C57H56Cl2N6O7. The fourth-order valence-corrected chi connectivity index (χ4v) is 9.77. The molecule has 72 heavy (non-hydrogen) atoms. The van der Waals surface area contributed by atoms with Crippen molar-refractivity contribution in [3.8, 4) is 22.6 Å². The molecule has 1 aliphatic rings. The van der Waals surface area contributed by atoms with Crippen LogP contribution in [0.5, 0.6) is 11.5 Å². The molecule has 1 unspecified atom stereocenters. The number of pyridine rings is 2. The summed E-state index contributed by atoms with van der Waals surface area (Å²) in [4.78, 5) is 53.9. The molecule has 2 amide bonds.